The summed E-state index contributed by atoms with van der Waals surface area (Å²) in [5.41, 5.74) is 0.987. The summed E-state index contributed by atoms with van der Waals surface area (Å²) in [6, 6.07) is 17.0. The number of hydrogen-bond acceptors (Lipinski definition) is 4. The van der Waals surface area contributed by atoms with Gasteiger partial charge in [0.25, 0.3) is 0 Å². The molecule has 0 bridgehead atoms. The average molecular weight is 363 g/mol. The summed E-state index contributed by atoms with van der Waals surface area (Å²) in [4.78, 5) is 12.3. The monoisotopic (exact) mass is 362 g/mol. The van der Waals surface area contributed by atoms with Gasteiger partial charge in [0, 0.05) is 13.1 Å². The summed E-state index contributed by atoms with van der Waals surface area (Å²) in [5.74, 6) is 1.49. The van der Waals surface area contributed by atoms with Crippen molar-refractivity contribution in [2.75, 3.05) is 13.2 Å². The molecule has 0 aliphatic carbocycles. The number of nitrogens with one attached hydrogen (secondary N) is 2. The Balaban J connectivity index is 0.00000225. The van der Waals surface area contributed by atoms with Gasteiger partial charge in [0.2, 0.25) is 5.91 Å². The maximum Gasteiger partial charge on any atom is 0.240 e. The van der Waals surface area contributed by atoms with E-state index in [0.29, 0.717) is 19.7 Å². The van der Waals surface area contributed by atoms with Crippen LogP contribution in [0.25, 0.3) is 0 Å². The number of ether oxygens (including phenoxy) is 2. The maximum absolute atomic E-state index is 12.3. The zero-order valence-corrected chi connectivity index (χ0v) is 14.9. The van der Waals surface area contributed by atoms with Crippen LogP contribution in [0.2, 0.25) is 0 Å². The van der Waals surface area contributed by atoms with Gasteiger partial charge in [0.15, 0.2) is 0 Å². The predicted octanol–water partition coefficient (Wildman–Crippen LogP) is 2.89. The van der Waals surface area contributed by atoms with Crippen LogP contribution in [0, 0.1) is 0 Å². The van der Waals surface area contributed by atoms with Crippen LogP contribution in [0.3, 0.4) is 0 Å². The smallest absolute Gasteiger partial charge is 0.240 e. The van der Waals surface area contributed by atoms with Crippen molar-refractivity contribution in [1.29, 1.82) is 0 Å². The molecule has 0 spiro atoms. The lowest BCUT2D eigenvalue weighted by atomic mass is 10.1. The third kappa shape index (κ3) is 5.46. The van der Waals surface area contributed by atoms with E-state index >= 15 is 0 Å². The Bertz CT molecular complexity index is 681. The van der Waals surface area contributed by atoms with Crippen LogP contribution in [0.5, 0.6) is 11.5 Å². The van der Waals surface area contributed by atoms with Gasteiger partial charge >= 0.3 is 0 Å². The first kappa shape index (κ1) is 19.2. The van der Waals surface area contributed by atoms with E-state index in [1.165, 1.54) is 0 Å². The topological polar surface area (TPSA) is 59.6 Å². The van der Waals surface area contributed by atoms with Crippen molar-refractivity contribution in [3.63, 3.8) is 0 Å². The number of amides is 1. The van der Waals surface area contributed by atoms with Crippen molar-refractivity contribution in [2.24, 2.45) is 0 Å². The molecule has 6 heteroatoms. The molecule has 25 heavy (non-hydrogen) atoms. The average Bonchev–Trinajstić information content (AvgIpc) is 2.61. The quantitative estimate of drug-likeness (QED) is 0.858. The van der Waals surface area contributed by atoms with E-state index in [2.05, 4.69) is 10.6 Å². The molecule has 2 aromatic carbocycles. The fourth-order valence-corrected chi connectivity index (χ4v) is 2.67. The number of carbonyl (C=O) groups is 1. The molecule has 134 valence electrons. The van der Waals surface area contributed by atoms with Gasteiger partial charge in [0.1, 0.15) is 17.5 Å². The van der Waals surface area contributed by atoms with Crippen molar-refractivity contribution < 1.29 is 14.3 Å². The molecule has 1 heterocycles. The highest BCUT2D eigenvalue weighted by Crippen LogP contribution is 2.21. The van der Waals surface area contributed by atoms with E-state index in [9.17, 15) is 4.79 Å². The Morgan fingerprint density at radius 3 is 2.72 bits per heavy atom. The number of rotatable bonds is 5. The second-order valence-electron chi connectivity index (χ2n) is 5.79. The van der Waals surface area contributed by atoms with E-state index in [-0.39, 0.29) is 30.5 Å². The molecule has 1 fully saturated rings. The molecule has 2 N–H and O–H groups in total. The fourth-order valence-electron chi connectivity index (χ4n) is 2.67. The van der Waals surface area contributed by atoms with Crippen molar-refractivity contribution in [3.8, 4) is 11.5 Å². The third-order valence-electron chi connectivity index (χ3n) is 3.94. The zero-order chi connectivity index (χ0) is 16.8. The van der Waals surface area contributed by atoms with Gasteiger partial charge in [0.05, 0.1) is 12.7 Å². The first-order valence-corrected chi connectivity index (χ1v) is 8.17. The standard InChI is InChI=1S/C19H22N2O3.ClH/c1-14-18(20-10-11-23-14)19(22)21-13-15-6-5-9-17(12-15)24-16-7-3-2-4-8-16;/h2-9,12,14,18,20H,10-11,13H2,1H3,(H,21,22);1H/t14-,18+;/m1./s1. The summed E-state index contributed by atoms with van der Waals surface area (Å²) in [5, 5.41) is 6.14. The van der Waals surface area contributed by atoms with Crippen LogP contribution < -0.4 is 15.4 Å². The van der Waals surface area contributed by atoms with Gasteiger partial charge in [-0.25, -0.2) is 0 Å². The molecule has 1 amide bonds. The molecule has 1 aliphatic rings. The molecule has 0 saturated carbocycles. The van der Waals surface area contributed by atoms with Gasteiger partial charge in [-0.3, -0.25) is 4.79 Å². The highest BCUT2D eigenvalue weighted by Gasteiger charge is 2.27. The van der Waals surface area contributed by atoms with Crippen molar-refractivity contribution in [1.82, 2.24) is 10.6 Å². The van der Waals surface area contributed by atoms with Crippen LogP contribution in [-0.2, 0) is 16.1 Å². The van der Waals surface area contributed by atoms with Crippen LogP contribution in [0.4, 0.5) is 0 Å². The Hall–Kier alpha value is -2.08. The largest absolute Gasteiger partial charge is 0.457 e. The minimum atomic E-state index is -0.303. The van der Waals surface area contributed by atoms with Crippen molar-refractivity contribution >= 4 is 18.3 Å². The number of halogens is 1. The summed E-state index contributed by atoms with van der Waals surface area (Å²) in [6.45, 7) is 3.70. The fraction of sp³-hybridized carbons (Fsp3) is 0.316. The number of carbonyl (C=O) groups excluding carboxylic acids is 1. The summed E-state index contributed by atoms with van der Waals surface area (Å²) >= 11 is 0. The van der Waals surface area contributed by atoms with Crippen LogP contribution >= 0.6 is 12.4 Å². The van der Waals surface area contributed by atoms with E-state index in [1.807, 2.05) is 61.5 Å². The highest BCUT2D eigenvalue weighted by molar-refractivity contribution is 5.85. The lowest BCUT2D eigenvalue weighted by molar-refractivity contribution is -0.129. The molecular formula is C19H23ClN2O3. The van der Waals surface area contributed by atoms with Gasteiger partial charge in [-0.2, -0.15) is 0 Å². The van der Waals surface area contributed by atoms with E-state index in [4.69, 9.17) is 9.47 Å². The second-order valence-corrected chi connectivity index (χ2v) is 5.79. The first-order chi connectivity index (χ1) is 11.7. The lowest BCUT2D eigenvalue weighted by Gasteiger charge is -2.29. The number of hydrogen-bond donors (Lipinski definition) is 2. The molecule has 3 rings (SSSR count). The predicted molar refractivity (Wildman–Crippen MR) is 99.3 cm³/mol. The number of para-hydroxylation sites is 1. The molecule has 1 aliphatic heterocycles. The lowest BCUT2D eigenvalue weighted by Crippen LogP contribution is -2.55. The number of morpholine rings is 1. The maximum atomic E-state index is 12.3. The van der Waals surface area contributed by atoms with Crippen LogP contribution in [0.1, 0.15) is 12.5 Å². The molecule has 2 atom stereocenters. The molecule has 0 aromatic heterocycles. The van der Waals surface area contributed by atoms with Gasteiger partial charge in [-0.05, 0) is 36.8 Å². The van der Waals surface area contributed by atoms with Gasteiger partial charge < -0.3 is 20.1 Å². The normalized spacial score (nSPS) is 19.6. The Kier molecular flexibility index (Phi) is 7.25. The minimum absolute atomic E-state index is 0. The second kappa shape index (κ2) is 9.42. The van der Waals surface area contributed by atoms with Gasteiger partial charge in [-0.1, -0.05) is 30.3 Å². The van der Waals surface area contributed by atoms with Crippen molar-refractivity contribution in [3.05, 3.63) is 60.2 Å². The third-order valence-corrected chi connectivity index (χ3v) is 3.94. The molecular weight excluding hydrogens is 340 g/mol. The Morgan fingerprint density at radius 2 is 1.96 bits per heavy atom. The molecule has 2 aromatic rings. The van der Waals surface area contributed by atoms with E-state index in [1.54, 1.807) is 0 Å². The molecule has 0 unspecified atom stereocenters. The van der Waals surface area contributed by atoms with Crippen molar-refractivity contribution in [2.45, 2.75) is 25.6 Å². The highest BCUT2D eigenvalue weighted by atomic mass is 35.5. The number of benzene rings is 2. The first-order valence-electron chi connectivity index (χ1n) is 8.17. The Morgan fingerprint density at radius 1 is 1.20 bits per heavy atom. The minimum Gasteiger partial charge on any atom is -0.457 e. The summed E-state index contributed by atoms with van der Waals surface area (Å²) in [6.07, 6.45) is -0.119. The molecule has 1 saturated heterocycles. The van der Waals surface area contributed by atoms with Crippen LogP contribution in [0.15, 0.2) is 54.6 Å². The Labute approximate surface area is 154 Å². The van der Waals surface area contributed by atoms with Crippen LogP contribution in [-0.4, -0.2) is 31.2 Å². The molecule has 5 nitrogen and oxygen atoms in total. The zero-order valence-electron chi connectivity index (χ0n) is 14.1. The summed E-state index contributed by atoms with van der Waals surface area (Å²) < 4.78 is 11.3. The summed E-state index contributed by atoms with van der Waals surface area (Å²) in [7, 11) is 0. The van der Waals surface area contributed by atoms with E-state index in [0.717, 1.165) is 17.1 Å². The van der Waals surface area contributed by atoms with E-state index < -0.39 is 0 Å². The van der Waals surface area contributed by atoms with Gasteiger partial charge in [-0.15, -0.1) is 12.4 Å². The molecule has 0 radical (unpaired) electrons. The SMILES string of the molecule is C[C@H]1OCCN[C@@H]1C(=O)NCc1cccc(Oc2ccccc2)c1.Cl.